The fourth-order valence-corrected chi connectivity index (χ4v) is 1.92. The van der Waals surface area contributed by atoms with Gasteiger partial charge < -0.3 is 10.6 Å². The number of alkyl halides is 3. The van der Waals surface area contributed by atoms with Crippen LogP contribution in [0.15, 0.2) is 24.3 Å². The third kappa shape index (κ3) is 4.52. The maximum atomic E-state index is 12.7. The normalized spacial score (nSPS) is 15.2. The topological polar surface area (TPSA) is 41.1 Å². The first-order valence-corrected chi connectivity index (χ1v) is 6.59. The molecule has 2 N–H and O–H groups in total. The quantitative estimate of drug-likeness (QED) is 0.842. The van der Waals surface area contributed by atoms with Crippen molar-refractivity contribution in [1.82, 2.24) is 10.6 Å². The molecule has 0 spiro atoms. The number of halogens is 3. The van der Waals surface area contributed by atoms with Gasteiger partial charge in [-0.1, -0.05) is 18.2 Å². The van der Waals surface area contributed by atoms with E-state index in [0.717, 1.165) is 12.6 Å². The Morgan fingerprint density at radius 3 is 2.60 bits per heavy atom. The predicted molar refractivity (Wildman–Crippen MR) is 68.9 cm³/mol. The number of carbonyl (C=O) groups is 1. The average Bonchev–Trinajstić information content (AvgIpc) is 3.20. The van der Waals surface area contributed by atoms with Crippen LogP contribution in [0.2, 0.25) is 0 Å². The van der Waals surface area contributed by atoms with Crippen LogP contribution in [-0.4, -0.2) is 19.0 Å². The molecule has 20 heavy (non-hydrogen) atoms. The molecular weight excluding hydrogens is 269 g/mol. The molecule has 0 bridgehead atoms. The lowest BCUT2D eigenvalue weighted by Crippen LogP contribution is -2.34. The van der Waals surface area contributed by atoms with Gasteiger partial charge in [-0.05, 0) is 36.9 Å². The fraction of sp³-hybridized carbons (Fsp3) is 0.500. The van der Waals surface area contributed by atoms with Gasteiger partial charge in [-0.3, -0.25) is 4.79 Å². The molecular formula is C14H17F3N2O. The first-order chi connectivity index (χ1) is 9.47. The molecule has 1 amide bonds. The van der Waals surface area contributed by atoms with Crippen LogP contribution in [0.4, 0.5) is 13.2 Å². The lowest BCUT2D eigenvalue weighted by atomic mass is 10.1. The number of rotatable bonds is 6. The predicted octanol–water partition coefficient (Wildman–Crippen LogP) is 2.32. The maximum absolute atomic E-state index is 12.7. The van der Waals surface area contributed by atoms with Crippen LogP contribution in [0.3, 0.4) is 0 Å². The average molecular weight is 286 g/mol. The van der Waals surface area contributed by atoms with Gasteiger partial charge in [0.25, 0.3) is 0 Å². The second-order valence-electron chi connectivity index (χ2n) is 5.01. The highest BCUT2D eigenvalue weighted by molar-refractivity contribution is 5.78. The Labute approximate surface area is 115 Å². The summed E-state index contributed by atoms with van der Waals surface area (Å²) in [6.45, 7) is 0.830. The molecule has 0 radical (unpaired) electrons. The summed E-state index contributed by atoms with van der Waals surface area (Å²) < 4.78 is 38.2. The largest absolute Gasteiger partial charge is 0.416 e. The Kier molecular flexibility index (Phi) is 4.65. The van der Waals surface area contributed by atoms with Crippen molar-refractivity contribution in [2.45, 2.75) is 25.6 Å². The van der Waals surface area contributed by atoms with Crippen LogP contribution in [-0.2, 0) is 17.5 Å². The Hall–Kier alpha value is -1.56. The van der Waals surface area contributed by atoms with Gasteiger partial charge >= 0.3 is 6.18 Å². The minimum atomic E-state index is -4.40. The molecule has 0 aromatic heterocycles. The SMILES string of the molecule is O=C(CNCC1CC1)NCc1ccccc1C(F)(F)F. The van der Waals surface area contributed by atoms with Crippen molar-refractivity contribution in [3.63, 3.8) is 0 Å². The molecule has 110 valence electrons. The molecule has 1 aromatic rings. The van der Waals surface area contributed by atoms with Gasteiger partial charge in [0.2, 0.25) is 5.91 Å². The van der Waals surface area contributed by atoms with Crippen molar-refractivity contribution in [1.29, 1.82) is 0 Å². The lowest BCUT2D eigenvalue weighted by Gasteiger charge is -2.13. The Morgan fingerprint density at radius 2 is 1.95 bits per heavy atom. The second kappa shape index (κ2) is 6.26. The number of hydrogen-bond donors (Lipinski definition) is 2. The van der Waals surface area contributed by atoms with Crippen molar-refractivity contribution in [3.8, 4) is 0 Å². The highest BCUT2D eigenvalue weighted by atomic mass is 19.4. The molecule has 1 aromatic carbocycles. The molecule has 2 rings (SSSR count). The van der Waals surface area contributed by atoms with Crippen LogP contribution >= 0.6 is 0 Å². The summed E-state index contributed by atoms with van der Waals surface area (Å²) in [6, 6.07) is 5.26. The zero-order chi connectivity index (χ0) is 14.6. The second-order valence-corrected chi connectivity index (χ2v) is 5.01. The van der Waals surface area contributed by atoms with Gasteiger partial charge in [0.05, 0.1) is 12.1 Å². The summed E-state index contributed by atoms with van der Waals surface area (Å²) in [5.74, 6) is 0.372. The van der Waals surface area contributed by atoms with Crippen LogP contribution in [0.5, 0.6) is 0 Å². The minimum Gasteiger partial charge on any atom is -0.351 e. The van der Waals surface area contributed by atoms with E-state index in [1.165, 1.54) is 31.0 Å². The van der Waals surface area contributed by atoms with Gasteiger partial charge in [-0.15, -0.1) is 0 Å². The minimum absolute atomic E-state index is 0.0792. The van der Waals surface area contributed by atoms with E-state index < -0.39 is 11.7 Å². The summed E-state index contributed by atoms with van der Waals surface area (Å²) in [5.41, 5.74) is -0.623. The molecule has 0 saturated heterocycles. The molecule has 0 aliphatic heterocycles. The van der Waals surface area contributed by atoms with E-state index in [2.05, 4.69) is 10.6 Å². The molecule has 0 unspecified atom stereocenters. The molecule has 1 fully saturated rings. The number of nitrogens with one attached hydrogen (secondary N) is 2. The van der Waals surface area contributed by atoms with Crippen LogP contribution in [0, 0.1) is 5.92 Å². The van der Waals surface area contributed by atoms with Gasteiger partial charge in [0.1, 0.15) is 0 Å². The Balaban J connectivity index is 1.82. The van der Waals surface area contributed by atoms with E-state index in [1.807, 2.05) is 0 Å². The highest BCUT2D eigenvalue weighted by Gasteiger charge is 2.32. The van der Waals surface area contributed by atoms with E-state index in [1.54, 1.807) is 0 Å². The van der Waals surface area contributed by atoms with Gasteiger partial charge in [-0.2, -0.15) is 13.2 Å². The number of carbonyl (C=O) groups excluding carboxylic acids is 1. The van der Waals surface area contributed by atoms with E-state index in [0.29, 0.717) is 5.92 Å². The standard InChI is InChI=1S/C14H17F3N2O/c15-14(16,17)12-4-2-1-3-11(12)8-19-13(20)9-18-7-10-5-6-10/h1-4,10,18H,5-9H2,(H,19,20). The van der Waals surface area contributed by atoms with Crippen molar-refractivity contribution < 1.29 is 18.0 Å². The molecule has 6 heteroatoms. The van der Waals surface area contributed by atoms with Crippen molar-refractivity contribution >= 4 is 5.91 Å². The zero-order valence-corrected chi connectivity index (χ0v) is 11.0. The summed E-state index contributed by atoms with van der Waals surface area (Å²) >= 11 is 0. The molecule has 1 aliphatic rings. The van der Waals surface area contributed by atoms with Gasteiger partial charge in [0, 0.05) is 6.54 Å². The number of benzene rings is 1. The molecule has 1 saturated carbocycles. The van der Waals surface area contributed by atoms with Crippen LogP contribution < -0.4 is 10.6 Å². The monoisotopic (exact) mass is 286 g/mol. The zero-order valence-electron chi connectivity index (χ0n) is 11.0. The van der Waals surface area contributed by atoms with Crippen LogP contribution in [0.1, 0.15) is 24.0 Å². The summed E-state index contributed by atoms with van der Waals surface area (Å²) in [7, 11) is 0. The van der Waals surface area contributed by atoms with Crippen LogP contribution in [0.25, 0.3) is 0 Å². The molecule has 0 heterocycles. The van der Waals surface area contributed by atoms with E-state index in [-0.39, 0.29) is 24.6 Å². The highest BCUT2D eigenvalue weighted by Crippen LogP contribution is 2.31. The fourth-order valence-electron chi connectivity index (χ4n) is 1.92. The number of amides is 1. The van der Waals surface area contributed by atoms with Crippen molar-refractivity contribution in [2.24, 2.45) is 5.92 Å². The van der Waals surface area contributed by atoms with Gasteiger partial charge in [-0.25, -0.2) is 0 Å². The third-order valence-corrected chi connectivity index (χ3v) is 3.21. The van der Waals surface area contributed by atoms with Gasteiger partial charge in [0.15, 0.2) is 0 Å². The summed E-state index contributed by atoms with van der Waals surface area (Å²) in [4.78, 5) is 11.5. The lowest BCUT2D eigenvalue weighted by molar-refractivity contribution is -0.138. The smallest absolute Gasteiger partial charge is 0.351 e. The van der Waals surface area contributed by atoms with E-state index in [9.17, 15) is 18.0 Å². The Bertz CT molecular complexity index is 470. The summed E-state index contributed by atoms with van der Waals surface area (Å²) in [6.07, 6.45) is -2.02. The summed E-state index contributed by atoms with van der Waals surface area (Å²) in [5, 5.41) is 5.50. The van der Waals surface area contributed by atoms with E-state index in [4.69, 9.17) is 0 Å². The van der Waals surface area contributed by atoms with E-state index >= 15 is 0 Å². The molecule has 3 nitrogen and oxygen atoms in total. The third-order valence-electron chi connectivity index (χ3n) is 3.21. The van der Waals surface area contributed by atoms with Crippen molar-refractivity contribution in [3.05, 3.63) is 35.4 Å². The molecule has 0 atom stereocenters. The molecule has 1 aliphatic carbocycles. The first-order valence-electron chi connectivity index (χ1n) is 6.59. The Morgan fingerprint density at radius 1 is 1.25 bits per heavy atom. The maximum Gasteiger partial charge on any atom is 0.416 e. The first kappa shape index (κ1) is 14.8. The number of hydrogen-bond acceptors (Lipinski definition) is 2. The van der Waals surface area contributed by atoms with Crippen molar-refractivity contribution in [2.75, 3.05) is 13.1 Å².